The summed E-state index contributed by atoms with van der Waals surface area (Å²) < 4.78 is 18.3. The average molecular weight is 409 g/mol. The molecule has 156 valence electrons. The zero-order chi connectivity index (χ0) is 21.7. The summed E-state index contributed by atoms with van der Waals surface area (Å²) in [6, 6.07) is 12.8. The molecule has 3 aromatic rings. The predicted molar refractivity (Wildman–Crippen MR) is 114 cm³/mol. The number of pyridine rings is 1. The van der Waals surface area contributed by atoms with Gasteiger partial charge in [-0.1, -0.05) is 18.2 Å². The third kappa shape index (κ3) is 4.05. The zero-order valence-electron chi connectivity index (χ0n) is 17.1. The number of hydrogen-bond acceptors (Lipinski definition) is 6. The molecule has 0 fully saturated rings. The fourth-order valence-corrected chi connectivity index (χ4v) is 3.22. The maximum Gasteiger partial charge on any atom is 0.355 e. The maximum atomic E-state index is 13.1. The molecule has 0 N–H and O–H groups in total. The third-order valence-corrected chi connectivity index (χ3v) is 4.45. The first-order valence-corrected chi connectivity index (χ1v) is 9.79. The second kappa shape index (κ2) is 9.26. The lowest BCUT2D eigenvalue weighted by atomic mass is 10.2. The summed E-state index contributed by atoms with van der Waals surface area (Å²) in [5.74, 6) is -0.194. The van der Waals surface area contributed by atoms with Gasteiger partial charge in [0.05, 0.1) is 24.1 Å². The quantitative estimate of drug-likeness (QED) is 0.553. The van der Waals surface area contributed by atoms with E-state index in [4.69, 9.17) is 14.2 Å². The van der Waals surface area contributed by atoms with Crippen molar-refractivity contribution in [3.05, 3.63) is 74.7 Å². The number of aromatic nitrogens is 1. The van der Waals surface area contributed by atoms with Crippen molar-refractivity contribution in [2.24, 2.45) is 0 Å². The van der Waals surface area contributed by atoms with Gasteiger partial charge in [-0.05, 0) is 45.0 Å². The van der Waals surface area contributed by atoms with Crippen molar-refractivity contribution in [1.29, 1.82) is 0 Å². The van der Waals surface area contributed by atoms with E-state index in [1.807, 2.05) is 13.0 Å². The monoisotopic (exact) mass is 409 g/mol. The minimum absolute atomic E-state index is 0.0238. The first kappa shape index (κ1) is 21.1. The first-order chi connectivity index (χ1) is 14.5. The summed E-state index contributed by atoms with van der Waals surface area (Å²) in [6.07, 6.45) is 0. The molecule has 0 spiro atoms. The second-order valence-electron chi connectivity index (χ2n) is 6.32. The number of carbonyl (C=O) groups is 1. The Hall–Kier alpha value is -3.61. The van der Waals surface area contributed by atoms with E-state index in [-0.39, 0.29) is 35.8 Å². The largest absolute Gasteiger partial charge is 0.487 e. The highest BCUT2D eigenvalue weighted by molar-refractivity contribution is 5.94. The van der Waals surface area contributed by atoms with Crippen molar-refractivity contribution in [1.82, 2.24) is 4.57 Å². The molecule has 0 saturated heterocycles. The molecule has 1 heterocycles. The Balaban J connectivity index is 2.43. The number of fused-ring (bicyclic) bond motifs is 1. The molecule has 3 rings (SSSR count). The molecule has 2 aromatic carbocycles. The fourth-order valence-electron chi connectivity index (χ4n) is 3.22. The van der Waals surface area contributed by atoms with Crippen LogP contribution in [0.4, 0.5) is 0 Å². The number of aryl methyl sites for hydroxylation is 1. The second-order valence-corrected chi connectivity index (χ2v) is 6.32. The molecule has 0 bridgehead atoms. The maximum absolute atomic E-state index is 13.1. The summed E-state index contributed by atoms with van der Waals surface area (Å²) in [5.41, 5.74) is -0.417. The van der Waals surface area contributed by atoms with Crippen LogP contribution in [-0.2, 0) is 11.3 Å². The standard InChI is InChI=1S/C23H23NO6/c1-4-24-16-12-13-18(25)21(28-5-2)22(30-15-10-8-7-9-11-15)20(16)19(26)14-17(24)23(27)29-6-3/h7-14H,4-6H2,1-3H3. The summed E-state index contributed by atoms with van der Waals surface area (Å²) >= 11 is 0. The third-order valence-electron chi connectivity index (χ3n) is 4.45. The van der Waals surface area contributed by atoms with Gasteiger partial charge in [0.25, 0.3) is 0 Å². The minimum atomic E-state index is -0.609. The number of para-hydroxylation sites is 1. The number of hydrogen-bond donors (Lipinski definition) is 0. The van der Waals surface area contributed by atoms with E-state index in [1.54, 1.807) is 42.7 Å². The highest BCUT2D eigenvalue weighted by Crippen LogP contribution is 2.34. The van der Waals surface area contributed by atoms with Gasteiger partial charge in [-0.2, -0.15) is 0 Å². The van der Waals surface area contributed by atoms with Crippen LogP contribution >= 0.6 is 0 Å². The van der Waals surface area contributed by atoms with Gasteiger partial charge in [0, 0.05) is 12.6 Å². The molecule has 0 unspecified atom stereocenters. The van der Waals surface area contributed by atoms with E-state index in [0.717, 1.165) is 0 Å². The Kier molecular flexibility index (Phi) is 6.51. The Bertz CT molecular complexity index is 1180. The Labute approximate surface area is 173 Å². The highest BCUT2D eigenvalue weighted by Gasteiger charge is 2.22. The van der Waals surface area contributed by atoms with Gasteiger partial charge in [-0.3, -0.25) is 9.59 Å². The molecule has 30 heavy (non-hydrogen) atoms. The van der Waals surface area contributed by atoms with Gasteiger partial charge in [0.15, 0.2) is 11.2 Å². The number of ether oxygens (including phenoxy) is 3. The number of benzene rings is 1. The van der Waals surface area contributed by atoms with Gasteiger partial charge in [0.1, 0.15) is 11.4 Å². The number of carbonyl (C=O) groups excluding carboxylic acids is 1. The summed E-state index contributed by atoms with van der Waals surface area (Å²) in [5, 5.41) is 0.152. The van der Waals surface area contributed by atoms with Gasteiger partial charge < -0.3 is 18.8 Å². The Morgan fingerprint density at radius 2 is 1.63 bits per heavy atom. The lowest BCUT2D eigenvalue weighted by molar-refractivity contribution is 0.0513. The van der Waals surface area contributed by atoms with Crippen molar-refractivity contribution in [2.45, 2.75) is 27.3 Å². The molecule has 0 aliphatic heterocycles. The number of nitrogens with zero attached hydrogens (tertiary/aromatic N) is 1. The van der Waals surface area contributed by atoms with Crippen LogP contribution < -0.4 is 20.3 Å². The predicted octanol–water partition coefficient (Wildman–Crippen LogP) is 3.75. The van der Waals surface area contributed by atoms with E-state index in [1.165, 1.54) is 18.2 Å². The van der Waals surface area contributed by atoms with E-state index < -0.39 is 16.8 Å². The molecule has 0 radical (unpaired) electrons. The lowest BCUT2D eigenvalue weighted by Crippen LogP contribution is -2.19. The first-order valence-electron chi connectivity index (χ1n) is 9.79. The lowest BCUT2D eigenvalue weighted by Gasteiger charge is -2.15. The smallest absolute Gasteiger partial charge is 0.355 e. The van der Waals surface area contributed by atoms with Crippen LogP contribution in [0.2, 0.25) is 0 Å². The Morgan fingerprint density at radius 3 is 2.27 bits per heavy atom. The summed E-state index contributed by atoms with van der Waals surface area (Å²) in [4.78, 5) is 38.3. The summed E-state index contributed by atoms with van der Waals surface area (Å²) in [7, 11) is 0. The fraction of sp³-hybridized carbons (Fsp3) is 0.261. The van der Waals surface area contributed by atoms with Crippen molar-refractivity contribution < 1.29 is 19.0 Å². The van der Waals surface area contributed by atoms with E-state index in [2.05, 4.69) is 0 Å². The average Bonchev–Trinajstić information content (AvgIpc) is 2.87. The van der Waals surface area contributed by atoms with Crippen LogP contribution in [0, 0.1) is 0 Å². The van der Waals surface area contributed by atoms with E-state index in [0.29, 0.717) is 17.8 Å². The molecule has 0 amide bonds. The molecule has 1 aromatic heterocycles. The van der Waals surface area contributed by atoms with Gasteiger partial charge in [-0.25, -0.2) is 4.79 Å². The molecule has 0 aliphatic rings. The van der Waals surface area contributed by atoms with Gasteiger partial charge in [0.2, 0.25) is 11.2 Å². The molecule has 7 nitrogen and oxygen atoms in total. The van der Waals surface area contributed by atoms with Crippen LogP contribution in [0.25, 0.3) is 10.9 Å². The van der Waals surface area contributed by atoms with Crippen LogP contribution in [-0.4, -0.2) is 23.8 Å². The SMILES string of the molecule is CCOC(=O)c1cc(=O)c2c(Oc3ccccc3)c(OCC)c(=O)ccc2n1CC. The summed E-state index contributed by atoms with van der Waals surface area (Å²) in [6.45, 7) is 6.03. The molecular formula is C23H23NO6. The highest BCUT2D eigenvalue weighted by atomic mass is 16.5. The molecule has 0 atom stereocenters. The Morgan fingerprint density at radius 1 is 0.900 bits per heavy atom. The normalized spacial score (nSPS) is 10.6. The number of esters is 1. The molecular weight excluding hydrogens is 386 g/mol. The van der Waals surface area contributed by atoms with Crippen LogP contribution in [0.1, 0.15) is 31.3 Å². The van der Waals surface area contributed by atoms with Crippen molar-refractivity contribution in [3.63, 3.8) is 0 Å². The topological polar surface area (TPSA) is 83.8 Å². The van der Waals surface area contributed by atoms with Crippen molar-refractivity contribution >= 4 is 16.9 Å². The van der Waals surface area contributed by atoms with E-state index >= 15 is 0 Å². The van der Waals surface area contributed by atoms with Crippen molar-refractivity contribution in [3.8, 4) is 17.2 Å². The number of rotatable bonds is 7. The molecule has 0 saturated carbocycles. The van der Waals surface area contributed by atoms with Gasteiger partial charge in [-0.15, -0.1) is 0 Å². The van der Waals surface area contributed by atoms with Crippen molar-refractivity contribution in [2.75, 3.05) is 13.2 Å². The van der Waals surface area contributed by atoms with Crippen LogP contribution in [0.15, 0.2) is 58.1 Å². The molecule has 7 heteroatoms. The zero-order valence-corrected chi connectivity index (χ0v) is 17.1. The minimum Gasteiger partial charge on any atom is -0.487 e. The van der Waals surface area contributed by atoms with Crippen LogP contribution in [0.3, 0.4) is 0 Å². The van der Waals surface area contributed by atoms with E-state index in [9.17, 15) is 14.4 Å². The van der Waals surface area contributed by atoms with Crippen LogP contribution in [0.5, 0.6) is 17.2 Å². The molecule has 0 aliphatic carbocycles. The van der Waals surface area contributed by atoms with Gasteiger partial charge >= 0.3 is 5.97 Å².